The van der Waals surface area contributed by atoms with E-state index in [0.717, 1.165) is 30.5 Å². The molecule has 2 amide bonds. The molecule has 0 aliphatic carbocycles. The number of rotatable bonds is 6. The van der Waals surface area contributed by atoms with Crippen molar-refractivity contribution in [1.29, 1.82) is 0 Å². The molecule has 0 saturated heterocycles. The minimum absolute atomic E-state index is 0.0416. The molecule has 12 nitrogen and oxygen atoms in total. The number of carboxylic acid groups (broad SMARTS) is 1. The number of hydrogen-bond acceptors (Lipinski definition) is 8. The van der Waals surface area contributed by atoms with Crippen molar-refractivity contribution in [3.63, 3.8) is 0 Å². The average Bonchev–Trinajstić information content (AvgIpc) is 2.75. The molecule has 0 unspecified atom stereocenters. The summed E-state index contributed by atoms with van der Waals surface area (Å²) in [6.07, 6.45) is -4.20. The summed E-state index contributed by atoms with van der Waals surface area (Å²) in [5.74, 6) is -4.51. The number of halogens is 3. The van der Waals surface area contributed by atoms with Crippen molar-refractivity contribution in [2.24, 2.45) is 0 Å². The fourth-order valence-corrected chi connectivity index (χ4v) is 2.69. The molecule has 0 atom stereocenters. The number of fused-ring (bicyclic) bond motifs is 1. The van der Waals surface area contributed by atoms with E-state index in [4.69, 9.17) is 10.8 Å². The fraction of sp³-hybridized carbons (Fsp3) is 0.167. The highest BCUT2D eigenvalue weighted by Crippen LogP contribution is 2.25. The van der Waals surface area contributed by atoms with Gasteiger partial charge in [0.05, 0.1) is 18.4 Å². The van der Waals surface area contributed by atoms with Crippen molar-refractivity contribution in [2.45, 2.75) is 12.7 Å². The van der Waals surface area contributed by atoms with Gasteiger partial charge in [0.2, 0.25) is 5.95 Å². The highest BCUT2D eigenvalue weighted by molar-refractivity contribution is 5.99. The smallest absolute Gasteiger partial charge is 0.471 e. The minimum Gasteiger partial charge on any atom is -0.480 e. The Labute approximate surface area is 181 Å². The molecule has 172 valence electrons. The zero-order chi connectivity index (χ0) is 24.3. The highest BCUT2D eigenvalue weighted by atomic mass is 19.4. The van der Waals surface area contributed by atoms with Gasteiger partial charge in [0.15, 0.2) is 11.2 Å². The van der Waals surface area contributed by atoms with E-state index < -0.39 is 42.6 Å². The molecule has 33 heavy (non-hydrogen) atoms. The quantitative estimate of drug-likeness (QED) is 0.395. The molecule has 0 spiro atoms. The highest BCUT2D eigenvalue weighted by Gasteiger charge is 2.43. The Morgan fingerprint density at radius 2 is 1.82 bits per heavy atom. The summed E-state index contributed by atoms with van der Waals surface area (Å²) in [5.41, 5.74) is 3.79. The van der Waals surface area contributed by atoms with Crippen molar-refractivity contribution in [3.05, 3.63) is 52.1 Å². The van der Waals surface area contributed by atoms with Crippen LogP contribution in [0.2, 0.25) is 0 Å². The molecular weight excluding hydrogens is 451 g/mol. The van der Waals surface area contributed by atoms with Gasteiger partial charge in [-0.25, -0.2) is 9.97 Å². The van der Waals surface area contributed by atoms with Gasteiger partial charge in [-0.15, -0.1) is 0 Å². The molecule has 5 N–H and O–H groups in total. The number of nitrogens with zero attached hydrogens (tertiary/aromatic N) is 4. The molecule has 0 fully saturated rings. The van der Waals surface area contributed by atoms with Crippen LogP contribution in [0.25, 0.3) is 11.2 Å². The Hall–Kier alpha value is -4.56. The molecule has 2 heterocycles. The lowest BCUT2D eigenvalue weighted by Crippen LogP contribution is -2.41. The molecule has 0 aliphatic heterocycles. The predicted molar refractivity (Wildman–Crippen MR) is 106 cm³/mol. The van der Waals surface area contributed by atoms with Gasteiger partial charge >= 0.3 is 18.1 Å². The summed E-state index contributed by atoms with van der Waals surface area (Å²) in [6.45, 7) is -1.37. The molecule has 0 aliphatic rings. The largest absolute Gasteiger partial charge is 0.480 e. The summed E-state index contributed by atoms with van der Waals surface area (Å²) in [6, 6.07) is 4.38. The second kappa shape index (κ2) is 8.89. The number of carbonyl (C=O) groups excluding carboxylic acids is 2. The number of aliphatic carboxylic acids is 1. The summed E-state index contributed by atoms with van der Waals surface area (Å²) in [5, 5.41) is 10.7. The van der Waals surface area contributed by atoms with Crippen LogP contribution in [0.4, 0.5) is 24.8 Å². The Kier molecular flexibility index (Phi) is 6.23. The number of aromatic nitrogens is 4. The predicted octanol–water partition coefficient (Wildman–Crippen LogP) is 0.205. The first-order valence-corrected chi connectivity index (χ1v) is 8.96. The van der Waals surface area contributed by atoms with Gasteiger partial charge in [-0.2, -0.15) is 18.2 Å². The lowest BCUT2D eigenvalue weighted by Gasteiger charge is -2.23. The van der Waals surface area contributed by atoms with E-state index in [1.807, 2.05) is 0 Å². The van der Waals surface area contributed by atoms with Crippen LogP contribution in [0.15, 0.2) is 35.3 Å². The number of carboxylic acids is 1. The summed E-state index contributed by atoms with van der Waals surface area (Å²) < 4.78 is 39.6. The summed E-state index contributed by atoms with van der Waals surface area (Å²) >= 11 is 0. The maximum atomic E-state index is 13.2. The number of hydrogen-bond donors (Lipinski definition) is 4. The van der Waals surface area contributed by atoms with Gasteiger partial charge < -0.3 is 16.2 Å². The Balaban J connectivity index is 1.94. The van der Waals surface area contributed by atoms with Crippen LogP contribution in [0.3, 0.4) is 0 Å². The van der Waals surface area contributed by atoms with Crippen LogP contribution in [-0.2, 0) is 16.1 Å². The molecule has 0 saturated carbocycles. The number of nitrogen functional groups attached to an aromatic ring is 1. The van der Waals surface area contributed by atoms with E-state index in [2.05, 4.69) is 25.3 Å². The first kappa shape index (κ1) is 23.1. The average molecular weight is 465 g/mol. The number of nitrogens with two attached hydrogens (primary N) is 1. The zero-order valence-electron chi connectivity index (χ0n) is 16.4. The van der Waals surface area contributed by atoms with Crippen molar-refractivity contribution in [1.82, 2.24) is 25.3 Å². The maximum absolute atomic E-state index is 13.2. The minimum atomic E-state index is -5.24. The number of benzene rings is 1. The van der Waals surface area contributed by atoms with Gasteiger partial charge in [-0.1, -0.05) is 0 Å². The number of anilines is 2. The maximum Gasteiger partial charge on any atom is 0.471 e. The van der Waals surface area contributed by atoms with E-state index in [1.54, 1.807) is 0 Å². The fourth-order valence-electron chi connectivity index (χ4n) is 2.69. The monoisotopic (exact) mass is 465 g/mol. The Bertz CT molecular complexity index is 1290. The van der Waals surface area contributed by atoms with Crippen molar-refractivity contribution >= 4 is 40.6 Å². The van der Waals surface area contributed by atoms with Gasteiger partial charge in [-0.05, 0) is 24.3 Å². The zero-order valence-corrected chi connectivity index (χ0v) is 16.4. The first-order valence-electron chi connectivity index (χ1n) is 8.96. The SMILES string of the molecule is Nc1nc2ncc(CN(C(=O)C(F)(F)F)c3ccc(C(=O)NCC(=O)O)cc3)nc2c(=O)[nH]1. The van der Waals surface area contributed by atoms with Crippen LogP contribution in [0.1, 0.15) is 16.1 Å². The molecule has 1 aromatic carbocycles. The summed E-state index contributed by atoms with van der Waals surface area (Å²) in [7, 11) is 0. The van der Waals surface area contributed by atoms with E-state index in [9.17, 15) is 32.3 Å². The second-order valence-electron chi connectivity index (χ2n) is 6.50. The number of nitrogens with one attached hydrogen (secondary N) is 2. The van der Waals surface area contributed by atoms with E-state index >= 15 is 0 Å². The van der Waals surface area contributed by atoms with Crippen molar-refractivity contribution in [2.75, 3.05) is 17.2 Å². The van der Waals surface area contributed by atoms with Crippen LogP contribution in [0.5, 0.6) is 0 Å². The van der Waals surface area contributed by atoms with E-state index in [1.165, 1.54) is 0 Å². The van der Waals surface area contributed by atoms with Crippen LogP contribution in [0, 0.1) is 0 Å². The Morgan fingerprint density at radius 1 is 1.15 bits per heavy atom. The molecule has 15 heteroatoms. The van der Waals surface area contributed by atoms with Gasteiger partial charge in [0, 0.05) is 11.3 Å². The van der Waals surface area contributed by atoms with Crippen LogP contribution < -0.4 is 21.5 Å². The molecule has 3 aromatic rings. The topological polar surface area (TPSA) is 184 Å². The standard InChI is InChI=1S/C18H14F3N7O5/c19-18(20,21)16(33)28(10-3-1-8(2-4-10)14(31)24-6-11(29)30)7-9-5-23-13-12(25-9)15(32)27-17(22)26-13/h1-5H,6-7H2,(H,24,31)(H,29,30)(H3,22,23,26,27,32). The molecule has 2 aromatic heterocycles. The van der Waals surface area contributed by atoms with Crippen LogP contribution >= 0.6 is 0 Å². The van der Waals surface area contributed by atoms with Crippen LogP contribution in [-0.4, -0.2) is 55.5 Å². The third-order valence-electron chi connectivity index (χ3n) is 4.14. The number of amides is 2. The molecule has 3 rings (SSSR count). The molecule has 0 radical (unpaired) electrons. The van der Waals surface area contributed by atoms with E-state index in [-0.39, 0.29) is 34.1 Å². The number of alkyl halides is 3. The van der Waals surface area contributed by atoms with Crippen molar-refractivity contribution in [3.8, 4) is 0 Å². The molecule has 0 bridgehead atoms. The summed E-state index contributed by atoms with van der Waals surface area (Å²) in [4.78, 5) is 60.5. The number of aromatic amines is 1. The van der Waals surface area contributed by atoms with Crippen molar-refractivity contribution < 1.29 is 32.7 Å². The second-order valence-corrected chi connectivity index (χ2v) is 6.50. The lowest BCUT2D eigenvalue weighted by molar-refractivity contribution is -0.170. The normalized spacial score (nSPS) is 11.2. The van der Waals surface area contributed by atoms with Gasteiger partial charge in [0.1, 0.15) is 6.54 Å². The number of carbonyl (C=O) groups is 3. The number of H-pyrrole nitrogens is 1. The lowest BCUT2D eigenvalue weighted by atomic mass is 10.1. The third-order valence-corrected chi connectivity index (χ3v) is 4.14. The third kappa shape index (κ3) is 5.38. The van der Waals surface area contributed by atoms with Gasteiger partial charge in [0.25, 0.3) is 11.5 Å². The molecular formula is C18H14F3N7O5. The van der Waals surface area contributed by atoms with E-state index in [0.29, 0.717) is 4.90 Å². The van der Waals surface area contributed by atoms with Gasteiger partial charge in [-0.3, -0.25) is 29.1 Å². The first-order chi connectivity index (χ1) is 15.5. The Morgan fingerprint density at radius 3 is 2.42 bits per heavy atom.